The third-order valence-electron chi connectivity index (χ3n) is 4.39. The molecule has 0 aliphatic carbocycles. The summed E-state index contributed by atoms with van der Waals surface area (Å²) in [6.45, 7) is 5.54. The highest BCUT2D eigenvalue weighted by Gasteiger charge is 2.26. The first-order chi connectivity index (χ1) is 14.8. The van der Waals surface area contributed by atoms with E-state index in [0.717, 1.165) is 12.5 Å². The van der Waals surface area contributed by atoms with Crippen molar-refractivity contribution in [2.75, 3.05) is 13.7 Å². The molecule has 1 heterocycles. The standard InChI is InChI=1S/C22H24F2N2O5/c1-4-6-10-31-20-18(22(29)30-3)26(9-5-2)13-16(19(20)27)21(28)25-12-14-7-8-15(23)11-17(14)24/h5,7-8,11,13H,2,4,6,9-10,12H2,1,3H3,(H,25,28). The van der Waals surface area contributed by atoms with Crippen molar-refractivity contribution in [1.82, 2.24) is 9.88 Å². The lowest BCUT2D eigenvalue weighted by atomic mass is 10.1. The van der Waals surface area contributed by atoms with Gasteiger partial charge in [-0.25, -0.2) is 13.6 Å². The lowest BCUT2D eigenvalue weighted by molar-refractivity contribution is 0.0581. The molecule has 0 fully saturated rings. The number of pyridine rings is 1. The number of nitrogens with zero attached hydrogens (tertiary/aromatic N) is 1. The summed E-state index contributed by atoms with van der Waals surface area (Å²) in [5.74, 6) is -3.47. The van der Waals surface area contributed by atoms with Gasteiger partial charge in [-0.1, -0.05) is 25.5 Å². The monoisotopic (exact) mass is 434 g/mol. The fourth-order valence-electron chi connectivity index (χ4n) is 2.78. The van der Waals surface area contributed by atoms with Crippen LogP contribution in [0.15, 0.2) is 41.8 Å². The second-order valence-electron chi connectivity index (χ2n) is 6.60. The molecule has 0 saturated carbocycles. The molecule has 9 heteroatoms. The van der Waals surface area contributed by atoms with E-state index in [0.29, 0.717) is 12.5 Å². The van der Waals surface area contributed by atoms with E-state index in [1.54, 1.807) is 0 Å². The van der Waals surface area contributed by atoms with Gasteiger partial charge in [0.25, 0.3) is 5.91 Å². The third-order valence-corrected chi connectivity index (χ3v) is 4.39. The predicted octanol–water partition coefficient (Wildman–Crippen LogP) is 3.21. The topological polar surface area (TPSA) is 86.6 Å². The van der Waals surface area contributed by atoms with Gasteiger partial charge in [-0.05, 0) is 12.5 Å². The average molecular weight is 434 g/mol. The number of amides is 1. The molecule has 1 amide bonds. The van der Waals surface area contributed by atoms with E-state index in [1.807, 2.05) is 6.92 Å². The van der Waals surface area contributed by atoms with Gasteiger partial charge in [0.1, 0.15) is 17.2 Å². The largest absolute Gasteiger partial charge is 0.487 e. The molecule has 1 aromatic carbocycles. The van der Waals surface area contributed by atoms with Crippen LogP contribution in [0, 0.1) is 11.6 Å². The first kappa shape index (κ1) is 23.8. The predicted molar refractivity (Wildman–Crippen MR) is 110 cm³/mol. The number of halogens is 2. The zero-order valence-electron chi connectivity index (χ0n) is 17.4. The van der Waals surface area contributed by atoms with Crippen molar-refractivity contribution in [2.45, 2.75) is 32.9 Å². The number of methoxy groups -OCH3 is 1. The summed E-state index contributed by atoms with van der Waals surface area (Å²) in [7, 11) is 1.17. The fraction of sp³-hybridized carbons (Fsp3) is 0.318. The molecule has 0 spiro atoms. The highest BCUT2D eigenvalue weighted by atomic mass is 19.1. The van der Waals surface area contributed by atoms with Crippen molar-refractivity contribution in [3.05, 3.63) is 75.7 Å². The summed E-state index contributed by atoms with van der Waals surface area (Å²) in [6, 6.07) is 2.95. The Morgan fingerprint density at radius 1 is 1.29 bits per heavy atom. The zero-order chi connectivity index (χ0) is 23.0. The molecule has 0 aliphatic rings. The first-order valence-corrected chi connectivity index (χ1v) is 9.65. The number of allylic oxidation sites excluding steroid dienone is 1. The van der Waals surface area contributed by atoms with E-state index >= 15 is 0 Å². The number of nitrogens with one attached hydrogen (secondary N) is 1. The van der Waals surface area contributed by atoms with Crippen LogP contribution in [0.5, 0.6) is 5.75 Å². The molecular weight excluding hydrogens is 410 g/mol. The van der Waals surface area contributed by atoms with Crippen LogP contribution in [0.25, 0.3) is 0 Å². The smallest absolute Gasteiger partial charge is 0.358 e. The number of carbonyl (C=O) groups is 2. The Hall–Kier alpha value is -3.49. The lowest BCUT2D eigenvalue weighted by Gasteiger charge is -2.17. The highest BCUT2D eigenvalue weighted by Crippen LogP contribution is 2.18. The van der Waals surface area contributed by atoms with E-state index in [1.165, 1.54) is 30.0 Å². The Labute approximate surface area is 178 Å². The molecule has 7 nitrogen and oxygen atoms in total. The van der Waals surface area contributed by atoms with Crippen LogP contribution >= 0.6 is 0 Å². The van der Waals surface area contributed by atoms with Crippen LogP contribution in [0.1, 0.15) is 46.2 Å². The van der Waals surface area contributed by atoms with Crippen LogP contribution in [0.3, 0.4) is 0 Å². The molecule has 1 N–H and O–H groups in total. The molecule has 0 unspecified atom stereocenters. The Morgan fingerprint density at radius 3 is 2.65 bits per heavy atom. The highest BCUT2D eigenvalue weighted by molar-refractivity contribution is 5.96. The number of ether oxygens (including phenoxy) is 2. The van der Waals surface area contributed by atoms with Crippen LogP contribution < -0.4 is 15.5 Å². The number of unbranched alkanes of at least 4 members (excludes halogenated alkanes) is 1. The Kier molecular flexibility index (Phi) is 8.48. The van der Waals surface area contributed by atoms with Gasteiger partial charge < -0.3 is 19.4 Å². The molecule has 0 saturated heterocycles. The van der Waals surface area contributed by atoms with E-state index < -0.39 is 28.9 Å². The molecule has 0 radical (unpaired) electrons. The van der Waals surface area contributed by atoms with E-state index in [4.69, 9.17) is 9.47 Å². The van der Waals surface area contributed by atoms with Crippen LogP contribution in [0.2, 0.25) is 0 Å². The molecule has 2 aromatic rings. The maximum absolute atomic E-state index is 13.8. The fourth-order valence-corrected chi connectivity index (χ4v) is 2.78. The molecule has 0 bridgehead atoms. The van der Waals surface area contributed by atoms with Gasteiger partial charge in [-0.3, -0.25) is 9.59 Å². The Morgan fingerprint density at radius 2 is 2.03 bits per heavy atom. The Balaban J connectivity index is 2.45. The van der Waals surface area contributed by atoms with Crippen molar-refractivity contribution in [3.63, 3.8) is 0 Å². The van der Waals surface area contributed by atoms with E-state index in [2.05, 4.69) is 11.9 Å². The van der Waals surface area contributed by atoms with E-state index in [-0.39, 0.29) is 42.3 Å². The molecular formula is C22H24F2N2O5. The summed E-state index contributed by atoms with van der Waals surface area (Å²) >= 11 is 0. The van der Waals surface area contributed by atoms with Crippen LogP contribution in [-0.2, 0) is 17.8 Å². The summed E-state index contributed by atoms with van der Waals surface area (Å²) in [5.41, 5.74) is -1.19. The second-order valence-corrected chi connectivity index (χ2v) is 6.60. The summed E-state index contributed by atoms with van der Waals surface area (Å²) in [5, 5.41) is 2.43. The quantitative estimate of drug-likeness (QED) is 0.353. The number of esters is 1. The van der Waals surface area contributed by atoms with Gasteiger partial charge >= 0.3 is 5.97 Å². The van der Waals surface area contributed by atoms with Gasteiger partial charge in [-0.2, -0.15) is 0 Å². The van der Waals surface area contributed by atoms with Crippen molar-refractivity contribution < 1.29 is 27.8 Å². The lowest BCUT2D eigenvalue weighted by Crippen LogP contribution is -2.32. The second kappa shape index (κ2) is 11.1. The number of rotatable bonds is 10. The molecule has 31 heavy (non-hydrogen) atoms. The maximum atomic E-state index is 13.8. The number of aromatic nitrogens is 1. The van der Waals surface area contributed by atoms with Gasteiger partial charge in [-0.15, -0.1) is 6.58 Å². The van der Waals surface area contributed by atoms with Gasteiger partial charge in [0, 0.05) is 30.9 Å². The number of benzene rings is 1. The Bertz CT molecular complexity index is 1030. The van der Waals surface area contributed by atoms with Gasteiger partial charge in [0.05, 0.1) is 13.7 Å². The van der Waals surface area contributed by atoms with Gasteiger partial charge in [0.15, 0.2) is 11.4 Å². The third kappa shape index (κ3) is 5.78. The summed E-state index contributed by atoms with van der Waals surface area (Å²) < 4.78 is 38.5. The molecule has 1 aromatic heterocycles. The van der Waals surface area contributed by atoms with Crippen LogP contribution in [-0.4, -0.2) is 30.2 Å². The first-order valence-electron chi connectivity index (χ1n) is 9.65. The zero-order valence-corrected chi connectivity index (χ0v) is 17.4. The maximum Gasteiger partial charge on any atom is 0.358 e. The summed E-state index contributed by atoms with van der Waals surface area (Å²) in [4.78, 5) is 38.0. The van der Waals surface area contributed by atoms with E-state index in [9.17, 15) is 23.2 Å². The van der Waals surface area contributed by atoms with Gasteiger partial charge in [0.2, 0.25) is 5.43 Å². The van der Waals surface area contributed by atoms with Crippen molar-refractivity contribution in [1.29, 1.82) is 0 Å². The number of hydrogen-bond acceptors (Lipinski definition) is 5. The van der Waals surface area contributed by atoms with Crippen molar-refractivity contribution in [3.8, 4) is 5.75 Å². The molecule has 0 aliphatic heterocycles. The minimum absolute atomic E-state index is 0.0479. The average Bonchev–Trinajstić information content (AvgIpc) is 2.74. The minimum Gasteiger partial charge on any atom is -0.487 e. The molecule has 0 atom stereocenters. The van der Waals surface area contributed by atoms with Crippen LogP contribution in [0.4, 0.5) is 8.78 Å². The molecule has 2 rings (SSSR count). The summed E-state index contributed by atoms with van der Waals surface area (Å²) in [6.07, 6.45) is 4.08. The van der Waals surface area contributed by atoms with Crippen molar-refractivity contribution >= 4 is 11.9 Å². The number of carbonyl (C=O) groups excluding carboxylic acids is 2. The minimum atomic E-state index is -0.825. The molecule has 166 valence electrons. The SMILES string of the molecule is C=CCn1cc(C(=O)NCc2ccc(F)cc2F)c(=O)c(OCCCC)c1C(=O)OC. The normalized spacial score (nSPS) is 10.5. The van der Waals surface area contributed by atoms with Crippen molar-refractivity contribution in [2.24, 2.45) is 0 Å². The number of hydrogen-bond donors (Lipinski definition) is 1.